The van der Waals surface area contributed by atoms with E-state index in [-0.39, 0.29) is 16.8 Å². The molecule has 16 heavy (non-hydrogen) atoms. The molecule has 0 bridgehead atoms. The van der Waals surface area contributed by atoms with E-state index in [1.807, 2.05) is 6.07 Å². The molecule has 80 valence electrons. The van der Waals surface area contributed by atoms with Crippen LogP contribution in [0.1, 0.15) is 15.9 Å². The lowest BCUT2D eigenvalue weighted by molar-refractivity contribution is -0.133. The van der Waals surface area contributed by atoms with Gasteiger partial charge in [0.1, 0.15) is 11.8 Å². The Bertz CT molecular complexity index is 500. The first-order valence-corrected chi connectivity index (χ1v) is 4.26. The SMILES string of the molecule is C=C(N)C(=O)OC(=O)c1ccccc1C#N. The van der Waals surface area contributed by atoms with Crippen molar-refractivity contribution in [1.29, 1.82) is 5.26 Å². The van der Waals surface area contributed by atoms with Gasteiger partial charge in [0, 0.05) is 0 Å². The highest BCUT2D eigenvalue weighted by atomic mass is 16.6. The van der Waals surface area contributed by atoms with Crippen molar-refractivity contribution in [2.24, 2.45) is 5.73 Å². The van der Waals surface area contributed by atoms with E-state index in [4.69, 9.17) is 11.0 Å². The van der Waals surface area contributed by atoms with Gasteiger partial charge in [0.2, 0.25) is 0 Å². The van der Waals surface area contributed by atoms with Gasteiger partial charge in [-0.2, -0.15) is 5.26 Å². The first-order chi connectivity index (χ1) is 7.56. The molecule has 1 rings (SSSR count). The summed E-state index contributed by atoms with van der Waals surface area (Å²) in [5, 5.41) is 8.73. The zero-order chi connectivity index (χ0) is 12.1. The van der Waals surface area contributed by atoms with Crippen LogP contribution >= 0.6 is 0 Å². The molecule has 0 saturated carbocycles. The number of benzene rings is 1. The maximum atomic E-state index is 11.4. The molecule has 0 aliphatic carbocycles. The zero-order valence-electron chi connectivity index (χ0n) is 8.27. The molecule has 0 fully saturated rings. The van der Waals surface area contributed by atoms with E-state index in [0.717, 1.165) is 0 Å². The summed E-state index contributed by atoms with van der Waals surface area (Å²) in [6, 6.07) is 7.79. The molecule has 0 amide bonds. The highest BCUT2D eigenvalue weighted by molar-refractivity contribution is 6.02. The summed E-state index contributed by atoms with van der Waals surface area (Å²) in [5.74, 6) is -1.94. The number of nitriles is 1. The summed E-state index contributed by atoms with van der Waals surface area (Å²) in [7, 11) is 0. The number of nitrogens with two attached hydrogens (primary N) is 1. The van der Waals surface area contributed by atoms with Gasteiger partial charge < -0.3 is 10.5 Å². The second kappa shape index (κ2) is 4.75. The van der Waals surface area contributed by atoms with Gasteiger partial charge >= 0.3 is 11.9 Å². The summed E-state index contributed by atoms with van der Waals surface area (Å²) < 4.78 is 4.39. The Morgan fingerprint density at radius 2 is 2.00 bits per heavy atom. The Morgan fingerprint density at radius 3 is 2.56 bits per heavy atom. The minimum absolute atomic E-state index is 0.0135. The van der Waals surface area contributed by atoms with Crippen molar-refractivity contribution >= 4 is 11.9 Å². The molecule has 5 heteroatoms. The molecule has 0 atom stereocenters. The average molecular weight is 216 g/mol. The highest BCUT2D eigenvalue weighted by Gasteiger charge is 2.16. The quantitative estimate of drug-likeness (QED) is 0.446. The second-order valence-corrected chi connectivity index (χ2v) is 2.86. The van der Waals surface area contributed by atoms with Gasteiger partial charge in [0.05, 0.1) is 11.1 Å². The van der Waals surface area contributed by atoms with Gasteiger partial charge in [-0.15, -0.1) is 0 Å². The molecule has 1 aromatic carbocycles. The fourth-order valence-corrected chi connectivity index (χ4v) is 0.963. The van der Waals surface area contributed by atoms with E-state index < -0.39 is 11.9 Å². The zero-order valence-corrected chi connectivity index (χ0v) is 8.27. The van der Waals surface area contributed by atoms with Gasteiger partial charge in [0.25, 0.3) is 0 Å². The Morgan fingerprint density at radius 1 is 1.38 bits per heavy atom. The lowest BCUT2D eigenvalue weighted by Gasteiger charge is -2.03. The molecular weight excluding hydrogens is 208 g/mol. The number of ether oxygens (including phenoxy) is 1. The number of carbonyl (C=O) groups is 2. The number of nitrogens with zero attached hydrogens (tertiary/aromatic N) is 1. The Kier molecular flexibility index (Phi) is 3.41. The molecule has 0 radical (unpaired) electrons. The fraction of sp³-hybridized carbons (Fsp3) is 0. The van der Waals surface area contributed by atoms with Gasteiger partial charge in [-0.3, -0.25) is 0 Å². The highest BCUT2D eigenvalue weighted by Crippen LogP contribution is 2.09. The molecule has 0 aliphatic rings. The van der Waals surface area contributed by atoms with Gasteiger partial charge in [-0.1, -0.05) is 18.7 Å². The maximum absolute atomic E-state index is 11.4. The van der Waals surface area contributed by atoms with Crippen LogP contribution in [0.25, 0.3) is 0 Å². The van der Waals surface area contributed by atoms with E-state index in [0.29, 0.717) is 0 Å². The lowest BCUT2D eigenvalue weighted by atomic mass is 10.1. The first-order valence-electron chi connectivity index (χ1n) is 4.26. The topological polar surface area (TPSA) is 93.2 Å². The standard InChI is InChI=1S/C11H8N2O3/c1-7(13)10(14)16-11(15)9-5-3-2-4-8(9)6-12/h2-5H,1,13H2. The van der Waals surface area contributed by atoms with Crippen LogP contribution in [0.3, 0.4) is 0 Å². The number of hydrogen-bond acceptors (Lipinski definition) is 5. The van der Waals surface area contributed by atoms with E-state index in [1.165, 1.54) is 12.1 Å². The smallest absolute Gasteiger partial charge is 0.361 e. The lowest BCUT2D eigenvalue weighted by Crippen LogP contribution is -2.18. The van der Waals surface area contributed by atoms with Crippen molar-refractivity contribution in [3.05, 3.63) is 47.7 Å². The minimum atomic E-state index is -1.02. The summed E-state index contributed by atoms with van der Waals surface area (Å²) >= 11 is 0. The molecule has 0 aliphatic heterocycles. The van der Waals surface area contributed by atoms with Crippen LogP contribution in [0.4, 0.5) is 0 Å². The van der Waals surface area contributed by atoms with E-state index in [2.05, 4.69) is 11.3 Å². The van der Waals surface area contributed by atoms with Crippen LogP contribution < -0.4 is 5.73 Å². The summed E-state index contributed by atoms with van der Waals surface area (Å²) in [4.78, 5) is 22.4. The molecule has 0 heterocycles. The third-order valence-electron chi connectivity index (χ3n) is 1.72. The van der Waals surface area contributed by atoms with Crippen LogP contribution in [-0.4, -0.2) is 11.9 Å². The Balaban J connectivity index is 2.94. The van der Waals surface area contributed by atoms with Crippen LogP contribution in [0, 0.1) is 11.3 Å². The minimum Gasteiger partial charge on any atom is -0.393 e. The fourth-order valence-electron chi connectivity index (χ4n) is 0.963. The molecule has 0 saturated heterocycles. The van der Waals surface area contributed by atoms with E-state index in [9.17, 15) is 9.59 Å². The van der Waals surface area contributed by atoms with Crippen LogP contribution in [0.2, 0.25) is 0 Å². The van der Waals surface area contributed by atoms with Crippen molar-refractivity contribution in [1.82, 2.24) is 0 Å². The third-order valence-corrected chi connectivity index (χ3v) is 1.72. The molecule has 0 unspecified atom stereocenters. The number of carbonyl (C=O) groups excluding carboxylic acids is 2. The maximum Gasteiger partial charge on any atom is 0.361 e. The predicted octanol–water partition coefficient (Wildman–Crippen LogP) is 0.714. The molecule has 5 nitrogen and oxygen atoms in total. The normalized spacial score (nSPS) is 8.94. The van der Waals surface area contributed by atoms with E-state index in [1.54, 1.807) is 12.1 Å². The molecule has 0 aromatic heterocycles. The van der Waals surface area contributed by atoms with Gasteiger partial charge in [-0.05, 0) is 12.1 Å². The average Bonchev–Trinajstić information content (AvgIpc) is 2.28. The molecule has 0 spiro atoms. The van der Waals surface area contributed by atoms with Crippen LogP contribution in [0.5, 0.6) is 0 Å². The third kappa shape index (κ3) is 2.45. The van der Waals surface area contributed by atoms with Crippen molar-refractivity contribution < 1.29 is 14.3 Å². The molecule has 2 N–H and O–H groups in total. The van der Waals surface area contributed by atoms with Gasteiger partial charge in [0.15, 0.2) is 0 Å². The largest absolute Gasteiger partial charge is 0.393 e. The number of hydrogen-bond donors (Lipinski definition) is 1. The van der Waals surface area contributed by atoms with Crippen LogP contribution in [-0.2, 0) is 9.53 Å². The summed E-state index contributed by atoms with van der Waals surface area (Å²) in [5.41, 5.74) is 4.82. The number of esters is 2. The van der Waals surface area contributed by atoms with Crippen LogP contribution in [0.15, 0.2) is 36.5 Å². The molecular formula is C11H8N2O3. The predicted molar refractivity (Wildman–Crippen MR) is 54.9 cm³/mol. The first kappa shape index (κ1) is 11.5. The number of rotatable bonds is 2. The van der Waals surface area contributed by atoms with Gasteiger partial charge in [-0.25, -0.2) is 9.59 Å². The van der Waals surface area contributed by atoms with Crippen molar-refractivity contribution in [2.75, 3.05) is 0 Å². The second-order valence-electron chi connectivity index (χ2n) is 2.86. The van der Waals surface area contributed by atoms with Crippen molar-refractivity contribution in [3.8, 4) is 6.07 Å². The summed E-state index contributed by atoms with van der Waals surface area (Å²) in [6.45, 7) is 3.13. The van der Waals surface area contributed by atoms with Crippen molar-refractivity contribution in [2.45, 2.75) is 0 Å². The van der Waals surface area contributed by atoms with E-state index >= 15 is 0 Å². The molecule has 1 aromatic rings. The summed E-state index contributed by atoms with van der Waals surface area (Å²) in [6.07, 6.45) is 0. The Labute approximate surface area is 91.7 Å². The monoisotopic (exact) mass is 216 g/mol. The van der Waals surface area contributed by atoms with Crippen molar-refractivity contribution in [3.63, 3.8) is 0 Å². The Hall–Kier alpha value is -2.61.